The first-order chi connectivity index (χ1) is 15.3. The number of H-pyrrole nitrogens is 1. The fourth-order valence-corrected chi connectivity index (χ4v) is 4.08. The van der Waals surface area contributed by atoms with Crippen molar-refractivity contribution in [2.24, 2.45) is 0 Å². The normalized spacial score (nSPS) is 16.5. The summed E-state index contributed by atoms with van der Waals surface area (Å²) in [5, 5.41) is 14.8. The number of nitrogens with zero attached hydrogens (tertiary/aromatic N) is 5. The number of aromatic nitrogens is 5. The molecule has 5 rings (SSSR count). The van der Waals surface area contributed by atoms with Crippen LogP contribution in [0.1, 0.15) is 66.0 Å². The topological polar surface area (TPSA) is 113 Å². The molecule has 0 aromatic carbocycles. The highest BCUT2D eigenvalue weighted by atomic mass is 19.1. The summed E-state index contributed by atoms with van der Waals surface area (Å²) in [6.45, 7) is 5.36. The van der Waals surface area contributed by atoms with Crippen molar-refractivity contribution in [2.75, 3.05) is 6.54 Å². The van der Waals surface area contributed by atoms with Gasteiger partial charge in [0, 0.05) is 24.9 Å². The van der Waals surface area contributed by atoms with Gasteiger partial charge in [0.1, 0.15) is 23.0 Å². The maximum absolute atomic E-state index is 14.3. The predicted octanol–water partition coefficient (Wildman–Crippen LogP) is 2.76. The van der Waals surface area contributed by atoms with Crippen LogP contribution in [0, 0.1) is 5.82 Å². The Kier molecular flexibility index (Phi) is 4.63. The summed E-state index contributed by atoms with van der Waals surface area (Å²) < 4.78 is 21.5. The molecule has 4 aromatic heterocycles. The number of hydrogen-bond acceptors (Lipinski definition) is 6. The van der Waals surface area contributed by atoms with Crippen molar-refractivity contribution in [1.82, 2.24) is 29.5 Å². The Bertz CT molecular complexity index is 1310. The van der Waals surface area contributed by atoms with E-state index in [1.54, 1.807) is 43.4 Å². The van der Waals surface area contributed by atoms with Gasteiger partial charge in [0.05, 0.1) is 23.4 Å². The van der Waals surface area contributed by atoms with E-state index < -0.39 is 17.5 Å². The van der Waals surface area contributed by atoms with Crippen molar-refractivity contribution in [3.8, 4) is 0 Å². The van der Waals surface area contributed by atoms with Gasteiger partial charge in [0.15, 0.2) is 0 Å². The van der Waals surface area contributed by atoms with Crippen LogP contribution in [-0.4, -0.2) is 47.0 Å². The summed E-state index contributed by atoms with van der Waals surface area (Å²) in [5.41, 5.74) is 1.53. The average molecular weight is 438 g/mol. The van der Waals surface area contributed by atoms with Crippen LogP contribution < -0.4 is 0 Å². The van der Waals surface area contributed by atoms with Gasteiger partial charge in [0.25, 0.3) is 5.91 Å². The smallest absolute Gasteiger partial charge is 0.292 e. The molecule has 2 N–H and O–H groups in total. The molecular weight excluding hydrogens is 415 g/mol. The molecule has 10 heteroatoms. The van der Waals surface area contributed by atoms with Crippen molar-refractivity contribution >= 4 is 11.4 Å². The summed E-state index contributed by atoms with van der Waals surface area (Å²) in [6.07, 6.45) is 4.28. The molecule has 0 saturated heterocycles. The number of amides is 1. The second-order valence-electron chi connectivity index (χ2n) is 8.38. The Labute approximate surface area is 182 Å². The van der Waals surface area contributed by atoms with Gasteiger partial charge in [-0.25, -0.2) is 18.9 Å². The first-order valence-corrected chi connectivity index (χ1v) is 10.5. The first kappa shape index (κ1) is 20.4. The number of carbonyl (C=O) groups excluding carboxylic acids is 1. The number of fused-ring (bicyclic) bond motifs is 2. The third-order valence-electron chi connectivity index (χ3n) is 5.68. The Balaban J connectivity index is 1.62. The molecule has 32 heavy (non-hydrogen) atoms. The van der Waals surface area contributed by atoms with Gasteiger partial charge in [-0.2, -0.15) is 5.10 Å². The molecule has 9 nitrogen and oxygen atoms in total. The van der Waals surface area contributed by atoms with E-state index in [9.17, 15) is 14.3 Å². The molecule has 166 valence electrons. The summed E-state index contributed by atoms with van der Waals surface area (Å²) >= 11 is 0. The number of aryl methyl sites for hydroxylation is 1. The lowest BCUT2D eigenvalue weighted by Crippen LogP contribution is -2.41. The lowest BCUT2D eigenvalue weighted by Gasteiger charge is -2.33. The van der Waals surface area contributed by atoms with Crippen LogP contribution in [0.25, 0.3) is 5.52 Å². The summed E-state index contributed by atoms with van der Waals surface area (Å²) in [4.78, 5) is 27.2. The van der Waals surface area contributed by atoms with Gasteiger partial charge in [0.2, 0.25) is 11.7 Å². The van der Waals surface area contributed by atoms with Crippen LogP contribution in [0.3, 0.4) is 0 Å². The Morgan fingerprint density at radius 2 is 2.25 bits per heavy atom. The molecular formula is C22H23FN6O3. The van der Waals surface area contributed by atoms with Crippen LogP contribution in [0.5, 0.6) is 0 Å². The molecule has 0 spiro atoms. The number of hydrogen-bond donors (Lipinski definition) is 2. The predicted molar refractivity (Wildman–Crippen MR) is 111 cm³/mol. The molecule has 0 unspecified atom stereocenters. The van der Waals surface area contributed by atoms with Crippen molar-refractivity contribution < 1.29 is 18.7 Å². The number of imidazole rings is 1. The zero-order chi connectivity index (χ0) is 22.6. The minimum atomic E-state index is -1.32. The average Bonchev–Trinajstić information content (AvgIpc) is 3.49. The van der Waals surface area contributed by atoms with E-state index in [4.69, 9.17) is 4.42 Å². The number of nitrogens with one attached hydrogen (secondary N) is 1. The lowest BCUT2D eigenvalue weighted by atomic mass is 9.99. The summed E-state index contributed by atoms with van der Waals surface area (Å²) in [6, 6.07) is 3.94. The van der Waals surface area contributed by atoms with Gasteiger partial charge in [-0.1, -0.05) is 6.92 Å². The first-order valence-electron chi connectivity index (χ1n) is 10.5. The van der Waals surface area contributed by atoms with Crippen LogP contribution in [-0.2, 0) is 18.4 Å². The van der Waals surface area contributed by atoms with E-state index in [1.807, 2.05) is 6.92 Å². The number of aliphatic hydroxyl groups is 1. The fourth-order valence-electron chi connectivity index (χ4n) is 4.08. The molecule has 0 radical (unpaired) electrons. The lowest BCUT2D eigenvalue weighted by molar-refractivity contribution is 0.0440. The number of aromatic amines is 1. The Hall–Kier alpha value is -3.53. The van der Waals surface area contributed by atoms with Gasteiger partial charge < -0.3 is 19.4 Å². The minimum Gasteiger partial charge on any atom is -0.432 e. The Morgan fingerprint density at radius 1 is 1.44 bits per heavy atom. The zero-order valence-corrected chi connectivity index (χ0v) is 18.0. The summed E-state index contributed by atoms with van der Waals surface area (Å²) in [7, 11) is 0. The monoisotopic (exact) mass is 438 g/mol. The van der Waals surface area contributed by atoms with E-state index in [0.29, 0.717) is 42.0 Å². The van der Waals surface area contributed by atoms with Crippen molar-refractivity contribution in [1.29, 1.82) is 0 Å². The second kappa shape index (κ2) is 7.27. The molecule has 1 atom stereocenters. The van der Waals surface area contributed by atoms with E-state index in [1.165, 1.54) is 10.6 Å². The third kappa shape index (κ3) is 3.18. The molecule has 0 saturated carbocycles. The van der Waals surface area contributed by atoms with Crippen LogP contribution in [0.15, 0.2) is 35.1 Å². The van der Waals surface area contributed by atoms with E-state index >= 15 is 0 Å². The van der Waals surface area contributed by atoms with Gasteiger partial charge in [-0.15, -0.1) is 0 Å². The van der Waals surface area contributed by atoms with Crippen LogP contribution in [0.4, 0.5) is 4.39 Å². The standard InChI is InChI=1S/C22H23FN6O3/c1-4-13-19(32-21(26-13)22(2,3)31)20(30)28-9-7-14-17(25-11-24-14)18(28)15-10-16-12(23)6-5-8-29(16)27-15/h5-6,8,10-11,18,31H,4,7,9H2,1-3H3,(H,24,25)/t18-/m1/s1. The van der Waals surface area contributed by atoms with Gasteiger partial charge >= 0.3 is 0 Å². The fraction of sp³-hybridized carbons (Fsp3) is 0.364. The molecule has 1 amide bonds. The molecule has 0 aliphatic carbocycles. The third-order valence-corrected chi connectivity index (χ3v) is 5.68. The van der Waals surface area contributed by atoms with Crippen LogP contribution in [0.2, 0.25) is 0 Å². The van der Waals surface area contributed by atoms with Crippen molar-refractivity contribution in [2.45, 2.75) is 45.3 Å². The number of halogens is 1. The highest BCUT2D eigenvalue weighted by Crippen LogP contribution is 2.35. The SMILES string of the molecule is CCc1nc(C(C)(C)O)oc1C(=O)N1CCc2[nH]cnc2[C@H]1c1cc2c(F)cccn2n1. The van der Waals surface area contributed by atoms with E-state index in [-0.39, 0.29) is 17.6 Å². The summed E-state index contributed by atoms with van der Waals surface area (Å²) in [5.74, 6) is -0.605. The molecule has 5 heterocycles. The maximum atomic E-state index is 14.3. The Morgan fingerprint density at radius 3 is 2.97 bits per heavy atom. The van der Waals surface area contributed by atoms with Crippen LogP contribution >= 0.6 is 0 Å². The highest BCUT2D eigenvalue weighted by Gasteiger charge is 2.39. The number of rotatable bonds is 4. The number of pyridine rings is 1. The maximum Gasteiger partial charge on any atom is 0.292 e. The second-order valence-corrected chi connectivity index (χ2v) is 8.38. The van der Waals surface area contributed by atoms with Crippen molar-refractivity contribution in [3.63, 3.8) is 0 Å². The molecule has 0 bridgehead atoms. The zero-order valence-electron chi connectivity index (χ0n) is 18.0. The minimum absolute atomic E-state index is 0.0847. The molecule has 1 aliphatic heterocycles. The van der Waals surface area contributed by atoms with Gasteiger partial charge in [-0.05, 0) is 38.5 Å². The van der Waals surface area contributed by atoms with E-state index in [2.05, 4.69) is 20.1 Å². The number of oxazole rings is 1. The molecule has 4 aromatic rings. The molecule has 1 aliphatic rings. The quantitative estimate of drug-likeness (QED) is 0.507. The largest absolute Gasteiger partial charge is 0.432 e. The van der Waals surface area contributed by atoms with Gasteiger partial charge in [-0.3, -0.25) is 4.79 Å². The van der Waals surface area contributed by atoms with Crippen molar-refractivity contribution in [3.05, 3.63) is 71.0 Å². The highest BCUT2D eigenvalue weighted by molar-refractivity contribution is 5.93. The van der Waals surface area contributed by atoms with E-state index in [0.717, 1.165) is 5.69 Å². The molecule has 0 fully saturated rings. The number of carbonyl (C=O) groups is 1.